The van der Waals surface area contributed by atoms with Gasteiger partial charge in [0.05, 0.1) is 12.2 Å². The van der Waals surface area contributed by atoms with Crippen LogP contribution < -0.4 is 4.74 Å². The lowest BCUT2D eigenvalue weighted by atomic mass is 10.1. The van der Waals surface area contributed by atoms with Gasteiger partial charge in [-0.1, -0.05) is 60.7 Å². The molecule has 0 spiro atoms. The second kappa shape index (κ2) is 6.31. The van der Waals surface area contributed by atoms with E-state index in [-0.39, 0.29) is 5.97 Å². The van der Waals surface area contributed by atoms with Crippen LogP contribution in [0.3, 0.4) is 0 Å². The molecule has 1 aromatic heterocycles. The van der Waals surface area contributed by atoms with E-state index in [1.54, 1.807) is 0 Å². The fourth-order valence-corrected chi connectivity index (χ4v) is 2.48. The summed E-state index contributed by atoms with van der Waals surface area (Å²) < 4.78 is 7.36. The summed E-state index contributed by atoms with van der Waals surface area (Å²) in [5.74, 6) is 0.252. The van der Waals surface area contributed by atoms with E-state index >= 15 is 0 Å². The number of nitrogens with zero attached hydrogens (tertiary/aromatic N) is 1. The first-order chi connectivity index (χ1) is 10.7. The van der Waals surface area contributed by atoms with E-state index in [0.717, 1.165) is 16.8 Å². The van der Waals surface area contributed by atoms with E-state index in [0.29, 0.717) is 12.4 Å². The zero-order valence-corrected chi connectivity index (χ0v) is 12.4. The maximum absolute atomic E-state index is 11.3. The fraction of sp³-hybridized carbons (Fsp3) is 0.105. The Morgan fingerprint density at radius 1 is 0.909 bits per heavy atom. The predicted octanol–water partition coefficient (Wildman–Crippen LogP) is 4.13. The zero-order chi connectivity index (χ0) is 15.4. The molecular formula is C19H17NO2. The van der Waals surface area contributed by atoms with Gasteiger partial charge in [-0.25, -0.2) is 0 Å². The Hall–Kier alpha value is -2.81. The Bertz CT molecular complexity index is 761. The van der Waals surface area contributed by atoms with Crippen LogP contribution in [0.4, 0.5) is 0 Å². The van der Waals surface area contributed by atoms with Crippen molar-refractivity contribution in [2.75, 3.05) is 0 Å². The van der Waals surface area contributed by atoms with E-state index in [9.17, 15) is 4.79 Å². The van der Waals surface area contributed by atoms with Gasteiger partial charge in [0.15, 0.2) is 0 Å². The smallest absolute Gasteiger partial charge is 0.309 e. The molecule has 3 nitrogen and oxygen atoms in total. The summed E-state index contributed by atoms with van der Waals surface area (Å²) in [6.45, 7) is 2.07. The van der Waals surface area contributed by atoms with Crippen molar-refractivity contribution < 1.29 is 9.53 Å². The molecule has 0 saturated carbocycles. The van der Waals surface area contributed by atoms with Gasteiger partial charge in [0.1, 0.15) is 0 Å². The van der Waals surface area contributed by atoms with Gasteiger partial charge in [-0.05, 0) is 17.2 Å². The Morgan fingerprint density at radius 2 is 1.55 bits per heavy atom. The summed E-state index contributed by atoms with van der Waals surface area (Å²) in [4.78, 5) is 11.3. The highest BCUT2D eigenvalue weighted by molar-refractivity contribution is 5.70. The lowest BCUT2D eigenvalue weighted by Gasteiger charge is -2.13. The molecule has 22 heavy (non-hydrogen) atoms. The average molecular weight is 291 g/mol. The number of carbonyl (C=O) groups is 1. The van der Waals surface area contributed by atoms with E-state index in [2.05, 4.69) is 12.1 Å². The normalized spacial score (nSPS) is 10.4. The van der Waals surface area contributed by atoms with Crippen LogP contribution in [0.1, 0.15) is 12.5 Å². The monoisotopic (exact) mass is 291 g/mol. The number of carbonyl (C=O) groups excluding carboxylic acids is 1. The first kappa shape index (κ1) is 14.1. The highest BCUT2D eigenvalue weighted by atomic mass is 16.5. The predicted molar refractivity (Wildman–Crippen MR) is 86.7 cm³/mol. The molecule has 0 amide bonds. The molecule has 3 aromatic rings. The molecule has 0 saturated heterocycles. The maximum Gasteiger partial charge on any atom is 0.309 e. The molecule has 110 valence electrons. The number of hydrogen-bond donors (Lipinski definition) is 0. The van der Waals surface area contributed by atoms with Gasteiger partial charge in [0.2, 0.25) is 5.88 Å². The molecule has 1 heterocycles. The number of hydrogen-bond acceptors (Lipinski definition) is 2. The van der Waals surface area contributed by atoms with Crippen LogP contribution in [-0.4, -0.2) is 10.5 Å². The van der Waals surface area contributed by atoms with Crippen LogP contribution in [0, 0.1) is 0 Å². The lowest BCUT2D eigenvalue weighted by Crippen LogP contribution is -2.09. The van der Waals surface area contributed by atoms with Crippen molar-refractivity contribution in [3.63, 3.8) is 0 Å². The van der Waals surface area contributed by atoms with Crippen molar-refractivity contribution in [3.05, 3.63) is 78.4 Å². The topological polar surface area (TPSA) is 31.2 Å². The van der Waals surface area contributed by atoms with Gasteiger partial charge in [-0.15, -0.1) is 0 Å². The summed E-state index contributed by atoms with van der Waals surface area (Å²) >= 11 is 0. The summed E-state index contributed by atoms with van der Waals surface area (Å²) in [7, 11) is 0. The summed E-state index contributed by atoms with van der Waals surface area (Å²) in [6.07, 6.45) is 0. The summed E-state index contributed by atoms with van der Waals surface area (Å²) in [5.41, 5.74) is 3.28. The second-order valence-electron chi connectivity index (χ2n) is 5.09. The third-order valence-corrected chi connectivity index (χ3v) is 3.44. The van der Waals surface area contributed by atoms with E-state index < -0.39 is 0 Å². The SMILES string of the molecule is CC(=O)Oc1ccc(-c2ccccc2)n1Cc1ccccc1. The standard InChI is InChI=1S/C19H17NO2/c1-15(21)22-19-13-12-18(17-10-6-3-7-11-17)20(19)14-16-8-4-2-5-9-16/h2-13H,14H2,1H3. The van der Waals surface area contributed by atoms with E-state index in [1.807, 2.05) is 65.2 Å². The molecular weight excluding hydrogens is 274 g/mol. The third-order valence-electron chi connectivity index (χ3n) is 3.44. The van der Waals surface area contributed by atoms with Crippen molar-refractivity contribution in [1.82, 2.24) is 4.57 Å². The Labute approximate surface area is 129 Å². The molecule has 0 bridgehead atoms. The van der Waals surface area contributed by atoms with Crippen LogP contribution in [0.25, 0.3) is 11.3 Å². The number of ether oxygens (including phenoxy) is 1. The first-order valence-electron chi connectivity index (χ1n) is 7.21. The molecule has 3 heteroatoms. The van der Waals surface area contributed by atoms with Gasteiger partial charge in [-0.3, -0.25) is 4.79 Å². The van der Waals surface area contributed by atoms with Crippen molar-refractivity contribution in [1.29, 1.82) is 0 Å². The second-order valence-corrected chi connectivity index (χ2v) is 5.09. The fourth-order valence-electron chi connectivity index (χ4n) is 2.48. The number of benzene rings is 2. The van der Waals surface area contributed by atoms with Gasteiger partial charge in [0, 0.05) is 13.0 Å². The minimum atomic E-state index is -0.313. The summed E-state index contributed by atoms with van der Waals surface area (Å²) in [5, 5.41) is 0. The Kier molecular flexibility index (Phi) is 4.05. The van der Waals surface area contributed by atoms with E-state index in [1.165, 1.54) is 6.92 Å². The third kappa shape index (κ3) is 3.09. The average Bonchev–Trinajstić information content (AvgIpc) is 2.91. The first-order valence-corrected chi connectivity index (χ1v) is 7.21. The number of rotatable bonds is 4. The van der Waals surface area contributed by atoms with Crippen molar-refractivity contribution in [3.8, 4) is 17.1 Å². The molecule has 0 aliphatic rings. The van der Waals surface area contributed by atoms with Crippen molar-refractivity contribution in [2.24, 2.45) is 0 Å². The van der Waals surface area contributed by atoms with Crippen LogP contribution in [0.5, 0.6) is 5.88 Å². The quantitative estimate of drug-likeness (QED) is 0.677. The van der Waals surface area contributed by atoms with Crippen LogP contribution in [0.2, 0.25) is 0 Å². The van der Waals surface area contributed by atoms with Gasteiger partial charge < -0.3 is 9.30 Å². The highest BCUT2D eigenvalue weighted by Gasteiger charge is 2.12. The minimum Gasteiger partial charge on any atom is -0.409 e. The Balaban J connectivity index is 2.03. The van der Waals surface area contributed by atoms with Gasteiger partial charge >= 0.3 is 5.97 Å². The molecule has 0 fully saturated rings. The molecule has 0 unspecified atom stereocenters. The molecule has 0 N–H and O–H groups in total. The van der Waals surface area contributed by atoms with E-state index in [4.69, 9.17) is 4.74 Å². The molecule has 0 atom stereocenters. The Morgan fingerprint density at radius 3 is 2.18 bits per heavy atom. The molecule has 2 aromatic carbocycles. The molecule has 3 rings (SSSR count). The highest BCUT2D eigenvalue weighted by Crippen LogP contribution is 2.28. The largest absolute Gasteiger partial charge is 0.409 e. The zero-order valence-electron chi connectivity index (χ0n) is 12.4. The molecule has 0 aliphatic heterocycles. The van der Waals surface area contributed by atoms with Crippen molar-refractivity contribution >= 4 is 5.97 Å². The van der Waals surface area contributed by atoms with Crippen LogP contribution >= 0.6 is 0 Å². The van der Waals surface area contributed by atoms with Crippen molar-refractivity contribution in [2.45, 2.75) is 13.5 Å². The minimum absolute atomic E-state index is 0.313. The lowest BCUT2D eigenvalue weighted by molar-refractivity contribution is -0.132. The summed E-state index contributed by atoms with van der Waals surface area (Å²) in [6, 6.07) is 24.0. The van der Waals surface area contributed by atoms with Crippen LogP contribution in [0.15, 0.2) is 72.8 Å². The number of esters is 1. The molecule has 0 aliphatic carbocycles. The van der Waals surface area contributed by atoms with Gasteiger partial charge in [-0.2, -0.15) is 0 Å². The van der Waals surface area contributed by atoms with Gasteiger partial charge in [0.25, 0.3) is 0 Å². The van der Waals surface area contributed by atoms with Crippen LogP contribution in [-0.2, 0) is 11.3 Å². The molecule has 0 radical (unpaired) electrons. The number of aromatic nitrogens is 1. The maximum atomic E-state index is 11.3.